The van der Waals surface area contributed by atoms with E-state index in [9.17, 15) is 0 Å². The highest BCUT2D eigenvalue weighted by Crippen LogP contribution is 2.31. The second-order valence-corrected chi connectivity index (χ2v) is 4.23. The molecule has 0 unspecified atom stereocenters. The lowest BCUT2D eigenvalue weighted by Gasteiger charge is -1.94. The van der Waals surface area contributed by atoms with Gasteiger partial charge in [0.2, 0.25) is 5.28 Å². The quantitative estimate of drug-likeness (QED) is 0.619. The van der Waals surface area contributed by atoms with Crippen molar-refractivity contribution in [1.29, 1.82) is 0 Å². The van der Waals surface area contributed by atoms with Crippen LogP contribution in [0.25, 0.3) is 22.4 Å². The number of nitrogens with zero attached hydrogens (tertiary/aromatic N) is 2. The average Bonchev–Trinajstić information content (AvgIpc) is 2.74. The van der Waals surface area contributed by atoms with Crippen molar-refractivity contribution < 1.29 is 4.42 Å². The number of furan rings is 1. The Morgan fingerprint density at radius 3 is 2.76 bits per heavy atom. The molecule has 0 bridgehead atoms. The van der Waals surface area contributed by atoms with E-state index in [1.165, 1.54) is 0 Å². The molecule has 0 aliphatic rings. The Morgan fingerprint density at radius 2 is 2.00 bits per heavy atom. The molecule has 0 radical (unpaired) electrons. The molecule has 0 aliphatic carbocycles. The summed E-state index contributed by atoms with van der Waals surface area (Å²) in [7, 11) is 0. The normalized spacial score (nSPS) is 10.9. The van der Waals surface area contributed by atoms with Crippen LogP contribution >= 0.6 is 23.2 Å². The summed E-state index contributed by atoms with van der Waals surface area (Å²) >= 11 is 11.8. The van der Waals surface area contributed by atoms with Crippen molar-refractivity contribution in [3.63, 3.8) is 0 Å². The standard InChI is InChI=1S/C12H6Cl2N2O/c13-8-3-1-2-7-6-10(17-11(7)8)9-4-5-15-12(14)16-9/h1-6H. The molecule has 0 fully saturated rings. The van der Waals surface area contributed by atoms with Gasteiger partial charge in [-0.3, -0.25) is 0 Å². The van der Waals surface area contributed by atoms with Crippen molar-refractivity contribution in [3.8, 4) is 11.5 Å². The molecule has 1 aromatic carbocycles. The van der Waals surface area contributed by atoms with Gasteiger partial charge in [0.1, 0.15) is 5.69 Å². The SMILES string of the molecule is Clc1nccc(-c2cc3cccc(Cl)c3o2)n1. The molecule has 84 valence electrons. The molecule has 0 atom stereocenters. The fourth-order valence-electron chi connectivity index (χ4n) is 1.63. The Balaban J connectivity index is 2.22. The number of halogens is 2. The van der Waals surface area contributed by atoms with E-state index < -0.39 is 0 Å². The average molecular weight is 265 g/mol. The number of hydrogen-bond donors (Lipinski definition) is 0. The first-order valence-electron chi connectivity index (χ1n) is 4.91. The molecule has 0 amide bonds. The topological polar surface area (TPSA) is 38.9 Å². The first-order valence-corrected chi connectivity index (χ1v) is 5.66. The summed E-state index contributed by atoms with van der Waals surface area (Å²) in [6.07, 6.45) is 1.58. The van der Waals surface area contributed by atoms with Gasteiger partial charge in [-0.15, -0.1) is 0 Å². The van der Waals surface area contributed by atoms with Crippen LogP contribution in [0.1, 0.15) is 0 Å². The lowest BCUT2D eigenvalue weighted by Crippen LogP contribution is -1.83. The highest BCUT2D eigenvalue weighted by Gasteiger charge is 2.10. The zero-order valence-electron chi connectivity index (χ0n) is 8.52. The molecule has 3 rings (SSSR count). The van der Waals surface area contributed by atoms with Crippen molar-refractivity contribution in [1.82, 2.24) is 9.97 Å². The van der Waals surface area contributed by atoms with Crippen LogP contribution in [0.4, 0.5) is 0 Å². The number of rotatable bonds is 1. The highest BCUT2D eigenvalue weighted by atomic mass is 35.5. The molecule has 0 N–H and O–H groups in total. The second kappa shape index (κ2) is 4.02. The molecule has 0 saturated carbocycles. The zero-order valence-corrected chi connectivity index (χ0v) is 10.0. The molecule has 0 saturated heterocycles. The van der Waals surface area contributed by atoms with Gasteiger partial charge in [-0.05, 0) is 29.8 Å². The minimum atomic E-state index is 0.189. The molecular weight excluding hydrogens is 259 g/mol. The van der Waals surface area contributed by atoms with Crippen LogP contribution in [-0.4, -0.2) is 9.97 Å². The van der Waals surface area contributed by atoms with Gasteiger partial charge in [-0.25, -0.2) is 9.97 Å². The van der Waals surface area contributed by atoms with E-state index >= 15 is 0 Å². The predicted octanol–water partition coefficient (Wildman–Crippen LogP) is 4.20. The number of aromatic nitrogens is 2. The largest absolute Gasteiger partial charge is 0.453 e. The van der Waals surface area contributed by atoms with E-state index in [1.54, 1.807) is 18.3 Å². The molecule has 3 nitrogen and oxygen atoms in total. The van der Waals surface area contributed by atoms with E-state index in [1.807, 2.05) is 18.2 Å². The first kappa shape index (κ1) is 10.6. The van der Waals surface area contributed by atoms with E-state index in [4.69, 9.17) is 27.6 Å². The van der Waals surface area contributed by atoms with E-state index in [2.05, 4.69) is 9.97 Å². The summed E-state index contributed by atoms with van der Waals surface area (Å²) in [5.74, 6) is 0.623. The van der Waals surface area contributed by atoms with Crippen molar-refractivity contribution in [2.75, 3.05) is 0 Å². The Kier molecular flexibility index (Phi) is 2.50. The van der Waals surface area contributed by atoms with Crippen LogP contribution < -0.4 is 0 Å². The van der Waals surface area contributed by atoms with Gasteiger partial charge in [0, 0.05) is 11.6 Å². The minimum Gasteiger partial charge on any atom is -0.453 e. The summed E-state index contributed by atoms with van der Waals surface area (Å²) in [5, 5.41) is 1.70. The number of fused-ring (bicyclic) bond motifs is 1. The van der Waals surface area contributed by atoms with Crippen LogP contribution in [0.2, 0.25) is 10.3 Å². The molecule has 17 heavy (non-hydrogen) atoms. The van der Waals surface area contributed by atoms with Crippen molar-refractivity contribution in [3.05, 3.63) is 46.8 Å². The van der Waals surface area contributed by atoms with Crippen molar-refractivity contribution in [2.45, 2.75) is 0 Å². The Hall–Kier alpha value is -1.58. The summed E-state index contributed by atoms with van der Waals surface area (Å²) < 4.78 is 5.66. The van der Waals surface area contributed by atoms with Crippen LogP contribution in [-0.2, 0) is 0 Å². The fourth-order valence-corrected chi connectivity index (χ4v) is 1.99. The second-order valence-electron chi connectivity index (χ2n) is 3.48. The van der Waals surface area contributed by atoms with Gasteiger partial charge in [0.05, 0.1) is 5.02 Å². The van der Waals surface area contributed by atoms with Gasteiger partial charge < -0.3 is 4.42 Å². The molecule has 5 heteroatoms. The Bertz CT molecular complexity index is 694. The van der Waals surface area contributed by atoms with Crippen LogP contribution in [0.3, 0.4) is 0 Å². The number of benzene rings is 1. The molecule has 2 aromatic heterocycles. The minimum absolute atomic E-state index is 0.189. The zero-order chi connectivity index (χ0) is 11.8. The maximum atomic E-state index is 6.04. The summed E-state index contributed by atoms with van der Waals surface area (Å²) in [6, 6.07) is 9.19. The summed E-state index contributed by atoms with van der Waals surface area (Å²) in [4.78, 5) is 7.91. The van der Waals surface area contributed by atoms with Crippen LogP contribution in [0, 0.1) is 0 Å². The van der Waals surface area contributed by atoms with Gasteiger partial charge in [-0.2, -0.15) is 0 Å². The van der Waals surface area contributed by atoms with E-state index in [-0.39, 0.29) is 5.28 Å². The molecular formula is C12H6Cl2N2O. The molecule has 0 spiro atoms. The predicted molar refractivity (Wildman–Crippen MR) is 67.3 cm³/mol. The van der Waals surface area contributed by atoms with Crippen LogP contribution in [0.15, 0.2) is 40.9 Å². The van der Waals surface area contributed by atoms with Crippen molar-refractivity contribution in [2.24, 2.45) is 0 Å². The van der Waals surface area contributed by atoms with E-state index in [0.717, 1.165) is 5.39 Å². The third-order valence-corrected chi connectivity index (χ3v) is 2.85. The Labute approximate surface area is 107 Å². The third kappa shape index (κ3) is 1.88. The van der Waals surface area contributed by atoms with Gasteiger partial charge in [0.25, 0.3) is 0 Å². The summed E-state index contributed by atoms with van der Waals surface area (Å²) in [5.41, 5.74) is 1.29. The van der Waals surface area contributed by atoms with Crippen LogP contribution in [0.5, 0.6) is 0 Å². The molecule has 0 aliphatic heterocycles. The van der Waals surface area contributed by atoms with Gasteiger partial charge in [0.15, 0.2) is 11.3 Å². The smallest absolute Gasteiger partial charge is 0.222 e. The van der Waals surface area contributed by atoms with Gasteiger partial charge in [-0.1, -0.05) is 23.7 Å². The van der Waals surface area contributed by atoms with Gasteiger partial charge >= 0.3 is 0 Å². The lowest BCUT2D eigenvalue weighted by molar-refractivity contribution is 0.628. The molecule has 3 aromatic rings. The monoisotopic (exact) mass is 264 g/mol. The van der Waals surface area contributed by atoms with Crippen molar-refractivity contribution >= 4 is 34.2 Å². The molecule has 2 heterocycles. The third-order valence-electron chi connectivity index (χ3n) is 2.37. The fraction of sp³-hybridized carbons (Fsp3) is 0. The number of para-hydroxylation sites is 1. The highest BCUT2D eigenvalue weighted by molar-refractivity contribution is 6.34. The lowest BCUT2D eigenvalue weighted by atomic mass is 10.2. The number of hydrogen-bond acceptors (Lipinski definition) is 3. The first-order chi connectivity index (χ1) is 8.24. The van der Waals surface area contributed by atoms with E-state index in [0.29, 0.717) is 22.1 Å². The maximum Gasteiger partial charge on any atom is 0.222 e. The summed E-state index contributed by atoms with van der Waals surface area (Å²) in [6.45, 7) is 0. The maximum absolute atomic E-state index is 6.04. The Morgan fingerprint density at radius 1 is 1.12 bits per heavy atom.